The van der Waals surface area contributed by atoms with Crippen molar-refractivity contribution < 1.29 is 22.8 Å². The summed E-state index contributed by atoms with van der Waals surface area (Å²) in [7, 11) is 0. The number of primary amides is 1. The second-order valence-corrected chi connectivity index (χ2v) is 9.79. The van der Waals surface area contributed by atoms with Gasteiger partial charge in [-0.2, -0.15) is 0 Å². The Bertz CT molecular complexity index is 1320. The predicted molar refractivity (Wildman–Crippen MR) is 130 cm³/mol. The fraction of sp³-hybridized carbons (Fsp3) is 0.423. The van der Waals surface area contributed by atoms with Crippen LogP contribution < -0.4 is 16.4 Å². The molecule has 2 amide bonds. The van der Waals surface area contributed by atoms with E-state index < -0.39 is 23.4 Å². The first-order valence-corrected chi connectivity index (χ1v) is 12.3. The number of benzene rings is 1. The number of pyridine rings is 1. The highest BCUT2D eigenvalue weighted by atomic mass is 19.1. The average Bonchev–Trinajstić information content (AvgIpc) is 3.51. The van der Waals surface area contributed by atoms with E-state index in [4.69, 9.17) is 5.73 Å². The first-order chi connectivity index (χ1) is 17.3. The highest BCUT2D eigenvalue weighted by Crippen LogP contribution is 2.34. The van der Waals surface area contributed by atoms with Crippen LogP contribution in [-0.4, -0.2) is 33.9 Å². The summed E-state index contributed by atoms with van der Waals surface area (Å²) in [5, 5.41) is 6.42. The third-order valence-electron chi connectivity index (χ3n) is 7.29. The third-order valence-corrected chi connectivity index (χ3v) is 7.29. The standard InChI is InChI=1S/C26H28F3N5O2/c27-14-8-17-19(12-31-23(17)20(28)9-14)22-18(24(30)35)11-21(29)25(34-22)32-15-6-3-7-16(10-15)33-26(36)13-4-1-2-5-13/h8-9,11-13,15-16,31H,1-7,10H2,(H2,30,35)(H,32,34)(H,33,36)/t15?,16-/m1/s1. The average molecular weight is 500 g/mol. The Hall–Kier alpha value is -3.56. The van der Waals surface area contributed by atoms with Gasteiger partial charge in [0.25, 0.3) is 5.91 Å². The fourth-order valence-electron chi connectivity index (χ4n) is 5.49. The maximum atomic E-state index is 15.0. The van der Waals surface area contributed by atoms with Crippen molar-refractivity contribution in [3.05, 3.63) is 47.4 Å². The van der Waals surface area contributed by atoms with Gasteiger partial charge in [0.05, 0.1) is 16.8 Å². The van der Waals surface area contributed by atoms with Gasteiger partial charge >= 0.3 is 0 Å². The smallest absolute Gasteiger partial charge is 0.251 e. The number of nitrogens with two attached hydrogens (primary N) is 1. The van der Waals surface area contributed by atoms with E-state index in [-0.39, 0.29) is 57.5 Å². The molecule has 2 aliphatic carbocycles. The minimum atomic E-state index is -0.915. The number of nitrogens with zero attached hydrogens (tertiary/aromatic N) is 1. The number of carbonyl (C=O) groups is 2. The number of halogens is 3. The molecule has 2 aliphatic rings. The van der Waals surface area contributed by atoms with Crippen LogP contribution in [-0.2, 0) is 4.79 Å². The van der Waals surface area contributed by atoms with Crippen LogP contribution in [0.2, 0.25) is 0 Å². The number of aromatic amines is 1. The van der Waals surface area contributed by atoms with Crippen LogP contribution in [0.4, 0.5) is 19.0 Å². The van der Waals surface area contributed by atoms with Gasteiger partial charge in [0.1, 0.15) is 11.6 Å². The number of rotatable bonds is 6. The second kappa shape index (κ2) is 9.83. The molecule has 0 aliphatic heterocycles. The summed E-state index contributed by atoms with van der Waals surface area (Å²) in [6.45, 7) is 0. The van der Waals surface area contributed by atoms with Crippen LogP contribution in [0.25, 0.3) is 22.2 Å². The van der Waals surface area contributed by atoms with E-state index in [1.165, 1.54) is 6.20 Å². The lowest BCUT2D eigenvalue weighted by Crippen LogP contribution is -2.43. The lowest BCUT2D eigenvalue weighted by molar-refractivity contribution is -0.125. The van der Waals surface area contributed by atoms with Crippen LogP contribution >= 0.6 is 0 Å². The first-order valence-electron chi connectivity index (χ1n) is 12.3. The van der Waals surface area contributed by atoms with Crippen LogP contribution in [0.15, 0.2) is 24.4 Å². The lowest BCUT2D eigenvalue weighted by Gasteiger charge is -2.31. The highest BCUT2D eigenvalue weighted by Gasteiger charge is 2.29. The third kappa shape index (κ3) is 4.76. The number of aromatic nitrogens is 2. The van der Waals surface area contributed by atoms with Gasteiger partial charge in [-0.05, 0) is 50.7 Å². The summed E-state index contributed by atoms with van der Waals surface area (Å²) < 4.78 is 43.2. The Morgan fingerprint density at radius 2 is 1.72 bits per heavy atom. The van der Waals surface area contributed by atoms with E-state index in [9.17, 15) is 18.4 Å². The fourth-order valence-corrected chi connectivity index (χ4v) is 5.49. The molecule has 5 rings (SSSR count). The van der Waals surface area contributed by atoms with Gasteiger partial charge < -0.3 is 21.4 Å². The molecule has 2 fully saturated rings. The Morgan fingerprint density at radius 1 is 0.972 bits per heavy atom. The topological polar surface area (TPSA) is 113 Å². The molecule has 0 radical (unpaired) electrons. The molecular formula is C26H28F3N5O2. The van der Waals surface area contributed by atoms with Gasteiger partial charge in [0.15, 0.2) is 11.6 Å². The van der Waals surface area contributed by atoms with Crippen molar-refractivity contribution in [2.45, 2.75) is 63.5 Å². The molecule has 10 heteroatoms. The van der Waals surface area contributed by atoms with Gasteiger partial charge in [-0.3, -0.25) is 9.59 Å². The van der Waals surface area contributed by atoms with E-state index >= 15 is 4.39 Å². The van der Waals surface area contributed by atoms with Crippen molar-refractivity contribution in [1.29, 1.82) is 0 Å². The van der Waals surface area contributed by atoms with Crippen LogP contribution in [0.3, 0.4) is 0 Å². The summed E-state index contributed by atoms with van der Waals surface area (Å²) in [5.41, 5.74) is 5.56. The minimum absolute atomic E-state index is 0.0173. The van der Waals surface area contributed by atoms with E-state index in [0.717, 1.165) is 63.1 Å². The number of amides is 2. The number of carbonyl (C=O) groups excluding carboxylic acids is 2. The van der Waals surface area contributed by atoms with Crippen LogP contribution in [0.5, 0.6) is 0 Å². The molecule has 1 unspecified atom stereocenters. The SMILES string of the molecule is NC(=O)c1cc(F)c(NC2CCC[C@@H](NC(=O)C3CCCC3)C2)nc1-c1c[nH]c2c(F)cc(F)cc12. The van der Waals surface area contributed by atoms with Gasteiger partial charge in [0.2, 0.25) is 5.91 Å². The zero-order valence-corrected chi connectivity index (χ0v) is 19.7. The van der Waals surface area contributed by atoms with E-state index in [1.54, 1.807) is 0 Å². The Kier molecular flexibility index (Phi) is 6.59. The van der Waals surface area contributed by atoms with Gasteiger partial charge in [0, 0.05) is 41.2 Å². The van der Waals surface area contributed by atoms with Crippen molar-refractivity contribution in [2.24, 2.45) is 11.7 Å². The molecule has 0 spiro atoms. The van der Waals surface area contributed by atoms with Gasteiger partial charge in [-0.15, -0.1) is 0 Å². The zero-order valence-electron chi connectivity index (χ0n) is 19.7. The van der Waals surface area contributed by atoms with Crippen molar-refractivity contribution in [1.82, 2.24) is 15.3 Å². The molecule has 2 heterocycles. The monoisotopic (exact) mass is 499 g/mol. The van der Waals surface area contributed by atoms with E-state index in [0.29, 0.717) is 6.42 Å². The first kappa shape index (κ1) is 24.1. The summed E-state index contributed by atoms with van der Waals surface area (Å²) >= 11 is 0. The maximum Gasteiger partial charge on any atom is 0.251 e. The summed E-state index contributed by atoms with van der Waals surface area (Å²) in [6, 6.07) is 2.68. The molecule has 5 N–H and O–H groups in total. The van der Waals surface area contributed by atoms with Crippen LogP contribution in [0, 0.1) is 23.4 Å². The van der Waals surface area contributed by atoms with Crippen molar-refractivity contribution in [2.75, 3.05) is 5.32 Å². The van der Waals surface area contributed by atoms with Gasteiger partial charge in [-0.1, -0.05) is 12.8 Å². The number of fused-ring (bicyclic) bond motifs is 1. The molecule has 2 atom stereocenters. The second-order valence-electron chi connectivity index (χ2n) is 9.79. The Balaban J connectivity index is 1.41. The summed E-state index contributed by atoms with van der Waals surface area (Å²) in [6.07, 6.45) is 8.46. The molecule has 0 bridgehead atoms. The maximum absolute atomic E-state index is 15.0. The summed E-state index contributed by atoms with van der Waals surface area (Å²) in [5.74, 6) is -3.20. The molecule has 190 valence electrons. The zero-order chi connectivity index (χ0) is 25.4. The minimum Gasteiger partial charge on any atom is -0.366 e. The van der Waals surface area contributed by atoms with Crippen molar-refractivity contribution in [3.63, 3.8) is 0 Å². The molecule has 2 aromatic heterocycles. The quantitative estimate of drug-likeness (QED) is 0.391. The number of hydrogen-bond donors (Lipinski definition) is 4. The molecule has 7 nitrogen and oxygen atoms in total. The number of anilines is 1. The molecule has 36 heavy (non-hydrogen) atoms. The normalized spacial score (nSPS) is 20.5. The van der Waals surface area contributed by atoms with Crippen LogP contribution in [0.1, 0.15) is 61.7 Å². The number of hydrogen-bond acceptors (Lipinski definition) is 4. The molecule has 1 aromatic carbocycles. The highest BCUT2D eigenvalue weighted by molar-refractivity contribution is 6.04. The van der Waals surface area contributed by atoms with Gasteiger partial charge in [-0.25, -0.2) is 18.2 Å². The Labute approximate surface area is 206 Å². The molecule has 0 saturated heterocycles. The van der Waals surface area contributed by atoms with Crippen molar-refractivity contribution in [3.8, 4) is 11.3 Å². The lowest BCUT2D eigenvalue weighted by atomic mass is 9.90. The molecular weight excluding hydrogens is 471 g/mol. The largest absolute Gasteiger partial charge is 0.366 e. The van der Waals surface area contributed by atoms with E-state index in [1.807, 2.05) is 0 Å². The molecule has 2 saturated carbocycles. The number of nitrogens with one attached hydrogen (secondary N) is 3. The number of H-pyrrole nitrogens is 1. The Morgan fingerprint density at radius 3 is 2.47 bits per heavy atom. The van der Waals surface area contributed by atoms with Crippen molar-refractivity contribution >= 4 is 28.5 Å². The summed E-state index contributed by atoms with van der Waals surface area (Å²) in [4.78, 5) is 31.7. The molecule has 3 aromatic rings. The van der Waals surface area contributed by atoms with E-state index in [2.05, 4.69) is 20.6 Å². The predicted octanol–water partition coefficient (Wildman–Crippen LogP) is 4.78.